The van der Waals surface area contributed by atoms with Crippen molar-refractivity contribution in [3.8, 4) is 16.2 Å². The van der Waals surface area contributed by atoms with Crippen LogP contribution in [-0.2, 0) is 6.42 Å². The molecule has 1 saturated carbocycles. The predicted octanol–water partition coefficient (Wildman–Crippen LogP) is 4.31. The number of pyridine rings is 1. The first kappa shape index (κ1) is 21.7. The van der Waals surface area contributed by atoms with Crippen LogP contribution in [0, 0.1) is 5.92 Å². The summed E-state index contributed by atoms with van der Waals surface area (Å²) < 4.78 is 5.37. The van der Waals surface area contributed by atoms with Gasteiger partial charge in [-0.2, -0.15) is 0 Å². The van der Waals surface area contributed by atoms with Crippen LogP contribution in [0.1, 0.15) is 39.4 Å². The number of amides is 2. The van der Waals surface area contributed by atoms with E-state index in [4.69, 9.17) is 15.5 Å². The molecule has 1 saturated heterocycles. The molecule has 2 aliphatic rings. The van der Waals surface area contributed by atoms with Crippen LogP contribution in [0.15, 0.2) is 60.1 Å². The fourth-order valence-corrected chi connectivity index (χ4v) is 6.07. The van der Waals surface area contributed by atoms with Crippen LogP contribution in [-0.4, -0.2) is 45.9 Å². The largest absolute Gasteiger partial charge is 0.497 e. The number of thiazole rings is 1. The number of methoxy groups -OCH3 is 1. The number of likely N-dealkylation sites (tertiary alicyclic amines) is 1. The molecule has 0 unspecified atom stereocenters. The molecule has 2 aromatic carbocycles. The molecule has 2 aromatic heterocycles. The van der Waals surface area contributed by atoms with E-state index in [1.54, 1.807) is 18.7 Å². The number of carbonyl (C=O) groups is 2. The standard InChI is InChI=1S/C27H24N4O3S/c1-34-20-6-2-5-16(11-20)25-24(29-14-35-25)27(33)31-19(10-17-12-22(17)31)13-18-9-8-15-4-3-7-21(26(28)32)23(15)30-18/h2-9,11,14,17,19,22H,10,12-13H2,1H3,(H2,28,32)/t17-,19+,22+/m1/s1. The summed E-state index contributed by atoms with van der Waals surface area (Å²) in [4.78, 5) is 37.8. The SMILES string of the molecule is COc1cccc(-c2scnc2C(=O)N2[C@H](Cc3ccc4cccc(C(N)=O)c4n3)C[C@@H]3C[C@@H]32)c1. The lowest BCUT2D eigenvalue weighted by molar-refractivity contribution is 0.0695. The topological polar surface area (TPSA) is 98.4 Å². The summed E-state index contributed by atoms with van der Waals surface area (Å²) in [5.41, 5.74) is 10.6. The number of nitrogens with zero attached hydrogens (tertiary/aromatic N) is 3. The molecule has 1 aliphatic heterocycles. The summed E-state index contributed by atoms with van der Waals surface area (Å²) in [6, 6.07) is 17.4. The number of carbonyl (C=O) groups excluding carboxylic acids is 2. The molecule has 0 spiro atoms. The number of rotatable bonds is 6. The van der Waals surface area contributed by atoms with Crippen LogP contribution in [0.4, 0.5) is 0 Å². The Labute approximate surface area is 206 Å². The zero-order chi connectivity index (χ0) is 24.1. The van der Waals surface area contributed by atoms with Crippen molar-refractivity contribution in [1.82, 2.24) is 14.9 Å². The first-order valence-electron chi connectivity index (χ1n) is 11.6. The van der Waals surface area contributed by atoms with Crippen LogP contribution in [0.5, 0.6) is 5.75 Å². The van der Waals surface area contributed by atoms with E-state index in [0.29, 0.717) is 29.1 Å². The molecule has 2 N–H and O–H groups in total. The lowest BCUT2D eigenvalue weighted by Gasteiger charge is -2.27. The molecule has 8 heteroatoms. The van der Waals surface area contributed by atoms with Crippen molar-refractivity contribution in [2.24, 2.45) is 11.7 Å². The Morgan fingerprint density at radius 2 is 2.00 bits per heavy atom. The summed E-state index contributed by atoms with van der Waals surface area (Å²) in [6.45, 7) is 0. The third-order valence-electron chi connectivity index (χ3n) is 7.04. The molecule has 4 aromatic rings. The van der Waals surface area contributed by atoms with Crippen molar-refractivity contribution in [1.29, 1.82) is 0 Å². The van der Waals surface area contributed by atoms with Crippen molar-refractivity contribution < 1.29 is 14.3 Å². The van der Waals surface area contributed by atoms with Crippen LogP contribution >= 0.6 is 11.3 Å². The van der Waals surface area contributed by atoms with Crippen molar-refractivity contribution in [2.75, 3.05) is 7.11 Å². The van der Waals surface area contributed by atoms with E-state index >= 15 is 0 Å². The Kier molecular flexibility index (Phi) is 5.25. The van der Waals surface area contributed by atoms with E-state index in [-0.39, 0.29) is 18.0 Å². The van der Waals surface area contributed by atoms with Gasteiger partial charge in [0.2, 0.25) is 0 Å². The van der Waals surface area contributed by atoms with E-state index in [9.17, 15) is 9.59 Å². The second-order valence-corrected chi connectivity index (χ2v) is 10.0. The Morgan fingerprint density at radius 1 is 1.14 bits per heavy atom. The van der Waals surface area contributed by atoms with Crippen LogP contribution in [0.2, 0.25) is 0 Å². The monoisotopic (exact) mass is 484 g/mol. The number of hydrogen-bond acceptors (Lipinski definition) is 6. The van der Waals surface area contributed by atoms with Gasteiger partial charge in [-0.3, -0.25) is 14.6 Å². The zero-order valence-electron chi connectivity index (χ0n) is 19.2. The lowest BCUT2D eigenvalue weighted by atomic mass is 10.0. The van der Waals surface area contributed by atoms with E-state index < -0.39 is 5.91 Å². The summed E-state index contributed by atoms with van der Waals surface area (Å²) in [6.07, 6.45) is 2.62. The Balaban J connectivity index is 1.30. The fraction of sp³-hybridized carbons (Fsp3) is 0.259. The first-order chi connectivity index (χ1) is 17.0. The molecule has 6 rings (SSSR count). The second-order valence-electron chi connectivity index (χ2n) is 9.18. The number of benzene rings is 2. The Bertz CT molecular complexity index is 1470. The van der Waals surface area contributed by atoms with E-state index in [1.165, 1.54) is 11.3 Å². The number of para-hydroxylation sites is 1. The van der Waals surface area contributed by atoms with Gasteiger partial charge in [-0.15, -0.1) is 11.3 Å². The van der Waals surface area contributed by atoms with Gasteiger partial charge >= 0.3 is 0 Å². The van der Waals surface area contributed by atoms with Gasteiger partial charge in [-0.25, -0.2) is 4.98 Å². The minimum Gasteiger partial charge on any atom is -0.497 e. The Morgan fingerprint density at radius 3 is 2.83 bits per heavy atom. The maximum atomic E-state index is 13.8. The average Bonchev–Trinajstić information content (AvgIpc) is 3.28. The number of piperidine rings is 1. The molecule has 3 heterocycles. The smallest absolute Gasteiger partial charge is 0.274 e. The summed E-state index contributed by atoms with van der Waals surface area (Å²) in [5.74, 6) is 0.753. The average molecular weight is 485 g/mol. The third-order valence-corrected chi connectivity index (χ3v) is 7.91. The molecule has 176 valence electrons. The van der Waals surface area contributed by atoms with Crippen molar-refractivity contribution >= 4 is 34.1 Å². The minimum atomic E-state index is -0.493. The number of nitrogens with two attached hydrogens (primary N) is 1. The molecule has 35 heavy (non-hydrogen) atoms. The lowest BCUT2D eigenvalue weighted by Crippen LogP contribution is -2.40. The molecule has 2 fully saturated rings. The second kappa shape index (κ2) is 8.46. The van der Waals surface area contributed by atoms with Crippen LogP contribution in [0.3, 0.4) is 0 Å². The number of fused-ring (bicyclic) bond motifs is 2. The highest BCUT2D eigenvalue weighted by Gasteiger charge is 2.54. The van der Waals surface area contributed by atoms with Gasteiger partial charge in [-0.1, -0.05) is 30.3 Å². The molecular weight excluding hydrogens is 460 g/mol. The molecule has 0 bridgehead atoms. The molecule has 3 atom stereocenters. The predicted molar refractivity (Wildman–Crippen MR) is 135 cm³/mol. The number of ether oxygens (including phenoxy) is 1. The highest BCUT2D eigenvalue weighted by molar-refractivity contribution is 7.13. The molecule has 0 radical (unpaired) electrons. The molecular formula is C27H24N4O3S. The van der Waals surface area contributed by atoms with Gasteiger partial charge in [-0.05, 0) is 48.6 Å². The normalized spacial score (nSPS) is 20.6. The van der Waals surface area contributed by atoms with E-state index in [0.717, 1.165) is 40.1 Å². The van der Waals surface area contributed by atoms with Gasteiger partial charge in [0.1, 0.15) is 11.4 Å². The van der Waals surface area contributed by atoms with Crippen molar-refractivity contribution in [3.05, 3.63) is 77.1 Å². The highest BCUT2D eigenvalue weighted by Crippen LogP contribution is 2.49. The number of hydrogen-bond donors (Lipinski definition) is 1. The van der Waals surface area contributed by atoms with Crippen molar-refractivity contribution in [2.45, 2.75) is 31.3 Å². The van der Waals surface area contributed by atoms with Gasteiger partial charge in [0.25, 0.3) is 11.8 Å². The Hall–Kier alpha value is -3.78. The van der Waals surface area contributed by atoms with Gasteiger partial charge < -0.3 is 15.4 Å². The number of primary amides is 1. The van der Waals surface area contributed by atoms with E-state index in [2.05, 4.69) is 4.98 Å². The molecule has 7 nitrogen and oxygen atoms in total. The zero-order valence-corrected chi connectivity index (χ0v) is 20.0. The first-order valence-corrected chi connectivity index (χ1v) is 12.5. The third kappa shape index (κ3) is 3.83. The van der Waals surface area contributed by atoms with Gasteiger partial charge in [0.05, 0.1) is 28.6 Å². The molecule has 1 aliphatic carbocycles. The highest BCUT2D eigenvalue weighted by atomic mass is 32.1. The van der Waals surface area contributed by atoms with Crippen LogP contribution in [0.25, 0.3) is 21.3 Å². The van der Waals surface area contributed by atoms with Gasteiger partial charge in [0, 0.05) is 29.6 Å². The summed E-state index contributed by atoms with van der Waals surface area (Å²) in [7, 11) is 1.63. The minimum absolute atomic E-state index is 0.0299. The fourth-order valence-electron chi connectivity index (χ4n) is 5.29. The van der Waals surface area contributed by atoms with E-state index in [1.807, 2.05) is 53.4 Å². The quantitative estimate of drug-likeness (QED) is 0.440. The maximum absolute atomic E-state index is 13.8. The summed E-state index contributed by atoms with van der Waals surface area (Å²) >= 11 is 1.46. The van der Waals surface area contributed by atoms with Crippen molar-refractivity contribution in [3.63, 3.8) is 0 Å². The molecule has 2 amide bonds. The van der Waals surface area contributed by atoms with Gasteiger partial charge in [0.15, 0.2) is 0 Å². The summed E-state index contributed by atoms with van der Waals surface area (Å²) in [5, 5.41) is 0.873. The maximum Gasteiger partial charge on any atom is 0.274 e. The van der Waals surface area contributed by atoms with Crippen LogP contribution < -0.4 is 10.5 Å². The number of aromatic nitrogens is 2.